The quantitative estimate of drug-likeness (QED) is 0.573. The van der Waals surface area contributed by atoms with Gasteiger partial charge < -0.3 is 14.7 Å². The van der Waals surface area contributed by atoms with Crippen LogP contribution >= 0.6 is 0 Å². The predicted octanol–water partition coefficient (Wildman–Crippen LogP) is 1.80. The monoisotopic (exact) mass is 262 g/mol. The molecule has 0 heterocycles. The molecule has 0 fully saturated rings. The van der Waals surface area contributed by atoms with Gasteiger partial charge in [0.2, 0.25) is 0 Å². The second-order valence-electron chi connectivity index (χ2n) is 3.95. The first kappa shape index (κ1) is 14.8. The predicted molar refractivity (Wildman–Crippen MR) is 74.6 cm³/mol. The van der Waals surface area contributed by atoms with Crippen molar-refractivity contribution in [3.63, 3.8) is 0 Å². The van der Waals surface area contributed by atoms with Crippen LogP contribution in [0.3, 0.4) is 0 Å². The van der Waals surface area contributed by atoms with Gasteiger partial charge in [-0.15, -0.1) is 0 Å². The molecule has 0 bridgehead atoms. The third-order valence-corrected chi connectivity index (χ3v) is 2.39. The summed E-state index contributed by atoms with van der Waals surface area (Å²) >= 11 is 0. The van der Waals surface area contributed by atoms with Crippen LogP contribution in [0.15, 0.2) is 42.0 Å². The van der Waals surface area contributed by atoms with Gasteiger partial charge in [0.15, 0.2) is 0 Å². The Kier molecular flexibility index (Phi) is 6.15. The molecule has 1 N–H and O–H groups in total. The van der Waals surface area contributed by atoms with Crippen LogP contribution in [-0.2, 0) is 11.2 Å². The van der Waals surface area contributed by atoms with Gasteiger partial charge in [0.25, 0.3) is 0 Å². The minimum absolute atomic E-state index is 0.0378. The highest BCUT2D eigenvalue weighted by Gasteiger charge is 2.07. The molecular weight excluding hydrogens is 244 g/mol. The van der Waals surface area contributed by atoms with E-state index in [0.717, 1.165) is 0 Å². The topological polar surface area (TPSA) is 62.1 Å². The zero-order chi connectivity index (χ0) is 14.1. The summed E-state index contributed by atoms with van der Waals surface area (Å²) in [7, 11) is 1.87. The molecule has 0 aliphatic heterocycles. The standard InChI is InChI=1S/C14H18N2O3/c1-3-15-11-16(2)8-9-19-13-7-5-4-6-12(13)10-14(17)18/h3-7,11H,1,8-10H2,2H3,(H,17,18). The maximum absolute atomic E-state index is 10.7. The Morgan fingerprint density at radius 3 is 2.95 bits per heavy atom. The highest BCUT2D eigenvalue weighted by molar-refractivity contribution is 5.71. The van der Waals surface area contributed by atoms with E-state index in [-0.39, 0.29) is 6.42 Å². The molecule has 1 rings (SSSR count). The fourth-order valence-electron chi connectivity index (χ4n) is 1.47. The van der Waals surface area contributed by atoms with Crippen LogP contribution in [0.4, 0.5) is 0 Å². The summed E-state index contributed by atoms with van der Waals surface area (Å²) < 4.78 is 5.60. The number of carbonyl (C=O) groups is 1. The van der Waals surface area contributed by atoms with Crippen molar-refractivity contribution in [1.82, 2.24) is 4.90 Å². The lowest BCUT2D eigenvalue weighted by Gasteiger charge is -2.15. The van der Waals surface area contributed by atoms with Gasteiger partial charge >= 0.3 is 5.97 Å². The third kappa shape index (κ3) is 5.72. The summed E-state index contributed by atoms with van der Waals surface area (Å²) in [6, 6.07) is 7.15. The van der Waals surface area contributed by atoms with Crippen LogP contribution in [-0.4, -0.2) is 42.5 Å². The fourth-order valence-corrected chi connectivity index (χ4v) is 1.47. The van der Waals surface area contributed by atoms with Gasteiger partial charge in [-0.05, 0) is 6.07 Å². The number of rotatable bonds is 8. The van der Waals surface area contributed by atoms with Crippen LogP contribution in [0, 0.1) is 0 Å². The van der Waals surface area contributed by atoms with E-state index in [0.29, 0.717) is 24.5 Å². The van der Waals surface area contributed by atoms with Gasteiger partial charge in [0, 0.05) is 18.8 Å². The number of benzene rings is 1. The molecule has 5 nitrogen and oxygen atoms in total. The Morgan fingerprint density at radius 1 is 1.53 bits per heavy atom. The lowest BCUT2D eigenvalue weighted by atomic mass is 10.1. The highest BCUT2D eigenvalue weighted by Crippen LogP contribution is 2.18. The molecule has 0 aliphatic carbocycles. The highest BCUT2D eigenvalue weighted by atomic mass is 16.5. The van der Waals surface area contributed by atoms with E-state index in [1.54, 1.807) is 24.5 Å². The van der Waals surface area contributed by atoms with Crippen molar-refractivity contribution in [1.29, 1.82) is 0 Å². The number of ether oxygens (including phenoxy) is 1. The average Bonchev–Trinajstić information content (AvgIpc) is 2.38. The normalized spacial score (nSPS) is 10.4. The first-order chi connectivity index (χ1) is 9.13. The zero-order valence-electron chi connectivity index (χ0n) is 11.0. The summed E-state index contributed by atoms with van der Waals surface area (Å²) in [5.74, 6) is -0.259. The Labute approximate surface area is 112 Å². The van der Waals surface area contributed by atoms with Gasteiger partial charge in [0.05, 0.1) is 19.3 Å². The van der Waals surface area contributed by atoms with Crippen LogP contribution in [0.1, 0.15) is 5.56 Å². The number of carboxylic acid groups (broad SMARTS) is 1. The Bertz CT molecular complexity index is 458. The van der Waals surface area contributed by atoms with E-state index < -0.39 is 5.97 Å². The molecule has 1 aromatic rings. The lowest BCUT2D eigenvalue weighted by Crippen LogP contribution is -2.22. The van der Waals surface area contributed by atoms with Crippen molar-refractivity contribution in [2.75, 3.05) is 20.2 Å². The Morgan fingerprint density at radius 2 is 2.26 bits per heavy atom. The molecule has 0 saturated heterocycles. The smallest absolute Gasteiger partial charge is 0.307 e. The molecule has 0 aliphatic rings. The molecule has 5 heteroatoms. The molecule has 102 valence electrons. The van der Waals surface area contributed by atoms with E-state index in [9.17, 15) is 4.79 Å². The van der Waals surface area contributed by atoms with Gasteiger partial charge in [-0.2, -0.15) is 0 Å². The van der Waals surface area contributed by atoms with Gasteiger partial charge in [-0.25, -0.2) is 4.99 Å². The molecule has 1 aromatic carbocycles. The van der Waals surface area contributed by atoms with E-state index in [1.165, 1.54) is 6.20 Å². The maximum Gasteiger partial charge on any atom is 0.307 e. The van der Waals surface area contributed by atoms with Crippen LogP contribution in [0.2, 0.25) is 0 Å². The number of aliphatic imine (C=N–C) groups is 1. The van der Waals surface area contributed by atoms with E-state index in [2.05, 4.69) is 11.6 Å². The molecule has 0 amide bonds. The van der Waals surface area contributed by atoms with Crippen molar-refractivity contribution in [2.45, 2.75) is 6.42 Å². The Hall–Kier alpha value is -2.30. The molecule has 0 atom stereocenters. The van der Waals surface area contributed by atoms with Crippen molar-refractivity contribution in [2.24, 2.45) is 4.99 Å². The number of hydrogen-bond donors (Lipinski definition) is 1. The molecule has 0 aromatic heterocycles. The zero-order valence-corrected chi connectivity index (χ0v) is 11.0. The minimum Gasteiger partial charge on any atom is -0.491 e. The lowest BCUT2D eigenvalue weighted by molar-refractivity contribution is -0.136. The summed E-state index contributed by atoms with van der Waals surface area (Å²) in [4.78, 5) is 16.5. The molecule has 0 spiro atoms. The summed E-state index contributed by atoms with van der Waals surface area (Å²) in [5.41, 5.74) is 0.678. The second-order valence-corrected chi connectivity index (χ2v) is 3.95. The van der Waals surface area contributed by atoms with Gasteiger partial charge in [-0.3, -0.25) is 4.79 Å². The van der Waals surface area contributed by atoms with Crippen molar-refractivity contribution >= 4 is 12.3 Å². The number of para-hydroxylation sites is 1. The van der Waals surface area contributed by atoms with Gasteiger partial charge in [0.1, 0.15) is 12.4 Å². The van der Waals surface area contributed by atoms with Crippen molar-refractivity contribution in [3.05, 3.63) is 42.6 Å². The fraction of sp³-hybridized carbons (Fsp3) is 0.286. The van der Waals surface area contributed by atoms with Crippen molar-refractivity contribution < 1.29 is 14.6 Å². The summed E-state index contributed by atoms with van der Waals surface area (Å²) in [6.45, 7) is 4.59. The number of aliphatic carboxylic acids is 1. The minimum atomic E-state index is -0.869. The number of nitrogens with zero attached hydrogens (tertiary/aromatic N) is 2. The Balaban J connectivity index is 2.51. The van der Waals surface area contributed by atoms with Crippen LogP contribution < -0.4 is 4.74 Å². The molecule has 19 heavy (non-hydrogen) atoms. The molecule has 0 unspecified atom stereocenters. The number of likely N-dealkylation sites (N-methyl/N-ethyl adjacent to an activating group) is 1. The largest absolute Gasteiger partial charge is 0.491 e. The molecule has 0 radical (unpaired) electrons. The summed E-state index contributed by atoms with van der Waals surface area (Å²) in [6.07, 6.45) is 3.07. The van der Waals surface area contributed by atoms with E-state index >= 15 is 0 Å². The molecule has 0 saturated carbocycles. The third-order valence-electron chi connectivity index (χ3n) is 2.39. The number of hydrogen-bond acceptors (Lipinski definition) is 3. The first-order valence-corrected chi connectivity index (χ1v) is 5.90. The van der Waals surface area contributed by atoms with E-state index in [4.69, 9.17) is 9.84 Å². The van der Waals surface area contributed by atoms with Crippen LogP contribution in [0.25, 0.3) is 0 Å². The van der Waals surface area contributed by atoms with Crippen molar-refractivity contribution in [3.8, 4) is 5.75 Å². The van der Waals surface area contributed by atoms with Gasteiger partial charge in [-0.1, -0.05) is 24.8 Å². The van der Waals surface area contributed by atoms with Crippen LogP contribution in [0.5, 0.6) is 5.75 Å². The maximum atomic E-state index is 10.7. The first-order valence-electron chi connectivity index (χ1n) is 5.90. The SMILES string of the molecule is C=CN=CN(C)CCOc1ccccc1CC(=O)O. The summed E-state index contributed by atoms with van der Waals surface area (Å²) in [5, 5.41) is 8.81. The molecular formula is C14H18N2O3. The second kappa shape index (κ2) is 7.92. The van der Waals surface area contributed by atoms with E-state index in [1.807, 2.05) is 18.0 Å². The average molecular weight is 262 g/mol. The number of carboxylic acids is 1.